The fourth-order valence-corrected chi connectivity index (χ4v) is 1.98. The third-order valence-corrected chi connectivity index (χ3v) is 3.10. The molecular formula is C15H24N2O2. The van der Waals surface area contributed by atoms with Crippen molar-refractivity contribution in [3.8, 4) is 5.75 Å². The van der Waals surface area contributed by atoms with Gasteiger partial charge in [0.1, 0.15) is 5.75 Å². The fraction of sp³-hybridized carbons (Fsp3) is 0.533. The maximum atomic E-state index is 11.5. The fourth-order valence-electron chi connectivity index (χ4n) is 1.98. The molecule has 1 aromatic rings. The average molecular weight is 264 g/mol. The van der Waals surface area contributed by atoms with Crippen LogP contribution in [0, 0.1) is 13.8 Å². The van der Waals surface area contributed by atoms with Gasteiger partial charge >= 0.3 is 0 Å². The van der Waals surface area contributed by atoms with Crippen molar-refractivity contribution in [2.45, 2.75) is 33.1 Å². The molecule has 106 valence electrons. The van der Waals surface area contributed by atoms with Crippen molar-refractivity contribution in [3.63, 3.8) is 0 Å². The largest absolute Gasteiger partial charge is 0.496 e. The van der Waals surface area contributed by atoms with Gasteiger partial charge in [0, 0.05) is 20.5 Å². The van der Waals surface area contributed by atoms with Gasteiger partial charge < -0.3 is 4.74 Å². The van der Waals surface area contributed by atoms with Gasteiger partial charge in [0.15, 0.2) is 0 Å². The first-order valence-electron chi connectivity index (χ1n) is 6.55. The molecule has 1 aromatic carbocycles. The number of nitrogens with zero attached hydrogens (tertiary/aromatic N) is 1. The number of nitrogens with one attached hydrogen (secondary N) is 1. The number of carbonyl (C=O) groups is 1. The number of hydrazine groups is 1. The Morgan fingerprint density at radius 2 is 1.89 bits per heavy atom. The van der Waals surface area contributed by atoms with Gasteiger partial charge in [0.25, 0.3) is 0 Å². The molecule has 0 saturated heterocycles. The zero-order valence-electron chi connectivity index (χ0n) is 12.5. The van der Waals surface area contributed by atoms with Crippen LogP contribution in [0.15, 0.2) is 12.1 Å². The lowest BCUT2D eigenvalue weighted by atomic mass is 10.0. The highest BCUT2D eigenvalue weighted by Gasteiger charge is 2.07. The van der Waals surface area contributed by atoms with E-state index in [2.05, 4.69) is 31.4 Å². The molecule has 0 saturated carbocycles. The molecule has 0 aliphatic carbocycles. The van der Waals surface area contributed by atoms with Gasteiger partial charge in [-0.05, 0) is 49.4 Å². The van der Waals surface area contributed by atoms with Crippen LogP contribution < -0.4 is 10.2 Å². The maximum absolute atomic E-state index is 11.5. The number of ether oxygens (including phenoxy) is 1. The summed E-state index contributed by atoms with van der Waals surface area (Å²) in [6, 6.07) is 4.21. The summed E-state index contributed by atoms with van der Waals surface area (Å²) in [5.41, 5.74) is 6.40. The van der Waals surface area contributed by atoms with Gasteiger partial charge in [-0.25, -0.2) is 5.01 Å². The predicted molar refractivity (Wildman–Crippen MR) is 77.2 cm³/mol. The Labute approximate surface area is 115 Å². The van der Waals surface area contributed by atoms with Gasteiger partial charge in [-0.1, -0.05) is 6.07 Å². The van der Waals surface area contributed by atoms with Crippen LogP contribution in [0.2, 0.25) is 0 Å². The topological polar surface area (TPSA) is 41.6 Å². The van der Waals surface area contributed by atoms with Gasteiger partial charge in [0.2, 0.25) is 5.91 Å². The molecule has 4 heteroatoms. The molecule has 0 unspecified atom stereocenters. The van der Waals surface area contributed by atoms with E-state index in [9.17, 15) is 4.79 Å². The van der Waals surface area contributed by atoms with Crippen molar-refractivity contribution in [1.82, 2.24) is 10.4 Å². The van der Waals surface area contributed by atoms with Crippen molar-refractivity contribution < 1.29 is 9.53 Å². The minimum atomic E-state index is 0.0489. The molecule has 1 N–H and O–H groups in total. The Morgan fingerprint density at radius 1 is 1.26 bits per heavy atom. The molecule has 0 spiro atoms. The van der Waals surface area contributed by atoms with Crippen LogP contribution in [-0.4, -0.2) is 32.1 Å². The summed E-state index contributed by atoms with van der Waals surface area (Å²) in [6.45, 7) is 4.17. The Bertz CT molecular complexity index is 442. The number of aryl methyl sites for hydroxylation is 3. The lowest BCUT2D eigenvalue weighted by Crippen LogP contribution is -2.35. The van der Waals surface area contributed by atoms with E-state index in [1.54, 1.807) is 12.1 Å². The molecule has 0 aromatic heterocycles. The molecule has 0 bridgehead atoms. The minimum absolute atomic E-state index is 0.0489. The molecule has 0 heterocycles. The first-order chi connectivity index (χ1) is 8.93. The van der Waals surface area contributed by atoms with Gasteiger partial charge in [-0.2, -0.15) is 0 Å². The molecule has 1 rings (SSSR count). The number of benzene rings is 1. The van der Waals surface area contributed by atoms with Crippen molar-refractivity contribution >= 4 is 5.91 Å². The zero-order chi connectivity index (χ0) is 14.4. The predicted octanol–water partition coefficient (Wildman–Crippen LogP) is 2.23. The molecule has 0 aliphatic rings. The van der Waals surface area contributed by atoms with Crippen molar-refractivity contribution in [1.29, 1.82) is 0 Å². The second kappa shape index (κ2) is 7.14. The highest BCUT2D eigenvalue weighted by Crippen LogP contribution is 2.24. The average Bonchev–Trinajstić information content (AvgIpc) is 2.32. The highest BCUT2D eigenvalue weighted by atomic mass is 16.5. The van der Waals surface area contributed by atoms with Crippen LogP contribution in [0.5, 0.6) is 5.75 Å². The van der Waals surface area contributed by atoms with E-state index in [-0.39, 0.29) is 5.91 Å². The standard InChI is InChI=1S/C15H24N2O2/c1-11-9-13(14(19-5)10-12(11)2)7-6-8-15(18)16-17(3)4/h9-10H,6-8H2,1-5H3,(H,16,18). The molecule has 0 fully saturated rings. The van der Waals surface area contributed by atoms with Crippen LogP contribution in [0.4, 0.5) is 0 Å². The lowest BCUT2D eigenvalue weighted by molar-refractivity contribution is -0.124. The summed E-state index contributed by atoms with van der Waals surface area (Å²) >= 11 is 0. The summed E-state index contributed by atoms with van der Waals surface area (Å²) in [4.78, 5) is 11.5. The second-order valence-electron chi connectivity index (χ2n) is 5.03. The third kappa shape index (κ3) is 4.91. The summed E-state index contributed by atoms with van der Waals surface area (Å²) in [5.74, 6) is 0.962. The van der Waals surface area contributed by atoms with E-state index in [0.717, 1.165) is 18.6 Å². The maximum Gasteiger partial charge on any atom is 0.234 e. The molecule has 19 heavy (non-hydrogen) atoms. The van der Waals surface area contributed by atoms with Crippen LogP contribution in [0.25, 0.3) is 0 Å². The zero-order valence-corrected chi connectivity index (χ0v) is 12.5. The number of amides is 1. The summed E-state index contributed by atoms with van der Waals surface area (Å²) in [6.07, 6.45) is 2.19. The highest BCUT2D eigenvalue weighted by molar-refractivity contribution is 5.75. The smallest absolute Gasteiger partial charge is 0.234 e. The summed E-state index contributed by atoms with van der Waals surface area (Å²) < 4.78 is 5.39. The van der Waals surface area contributed by atoms with E-state index in [0.29, 0.717) is 6.42 Å². The van der Waals surface area contributed by atoms with Gasteiger partial charge in [-0.15, -0.1) is 0 Å². The van der Waals surface area contributed by atoms with E-state index >= 15 is 0 Å². The number of hydrogen-bond acceptors (Lipinski definition) is 3. The molecule has 1 amide bonds. The van der Waals surface area contributed by atoms with Crippen molar-refractivity contribution in [3.05, 3.63) is 28.8 Å². The normalized spacial score (nSPS) is 10.6. The van der Waals surface area contributed by atoms with Crippen molar-refractivity contribution in [2.24, 2.45) is 0 Å². The van der Waals surface area contributed by atoms with Crippen molar-refractivity contribution in [2.75, 3.05) is 21.2 Å². The first kappa shape index (κ1) is 15.5. The molecule has 0 aliphatic heterocycles. The lowest BCUT2D eigenvalue weighted by Gasteiger charge is -2.13. The van der Waals surface area contributed by atoms with Gasteiger partial charge in [0.05, 0.1) is 7.11 Å². The number of hydrogen-bond donors (Lipinski definition) is 1. The number of rotatable bonds is 6. The van der Waals surface area contributed by atoms with E-state index in [1.807, 2.05) is 14.1 Å². The SMILES string of the molecule is COc1cc(C)c(C)cc1CCCC(=O)NN(C)C. The van der Waals surface area contributed by atoms with Crippen LogP contribution >= 0.6 is 0 Å². The van der Waals surface area contributed by atoms with E-state index in [1.165, 1.54) is 16.7 Å². The van der Waals surface area contributed by atoms with E-state index in [4.69, 9.17) is 4.74 Å². The number of carbonyl (C=O) groups excluding carboxylic acids is 1. The van der Waals surface area contributed by atoms with Crippen LogP contribution in [-0.2, 0) is 11.2 Å². The minimum Gasteiger partial charge on any atom is -0.496 e. The monoisotopic (exact) mass is 264 g/mol. The van der Waals surface area contributed by atoms with Crippen LogP contribution in [0.1, 0.15) is 29.5 Å². The molecule has 0 atom stereocenters. The Hall–Kier alpha value is -1.55. The van der Waals surface area contributed by atoms with E-state index < -0.39 is 0 Å². The van der Waals surface area contributed by atoms with Gasteiger partial charge in [-0.3, -0.25) is 10.2 Å². The molecule has 4 nitrogen and oxygen atoms in total. The summed E-state index contributed by atoms with van der Waals surface area (Å²) in [7, 11) is 5.31. The second-order valence-corrected chi connectivity index (χ2v) is 5.03. The Kier molecular flexibility index (Phi) is 5.83. The quantitative estimate of drug-likeness (QED) is 0.801. The van der Waals surface area contributed by atoms with Crippen LogP contribution in [0.3, 0.4) is 0 Å². The summed E-state index contributed by atoms with van der Waals surface area (Å²) in [5, 5.41) is 1.67. The first-order valence-corrected chi connectivity index (χ1v) is 6.55. The Balaban J connectivity index is 2.58. The number of methoxy groups -OCH3 is 1. The Morgan fingerprint density at radius 3 is 2.47 bits per heavy atom. The molecular weight excluding hydrogens is 240 g/mol. The molecule has 0 radical (unpaired) electrons. The third-order valence-electron chi connectivity index (χ3n) is 3.10.